The molecule has 0 saturated heterocycles. The highest BCUT2D eigenvalue weighted by Crippen LogP contribution is 2.33. The average molecular weight is 638 g/mol. The Hall–Kier alpha value is -5.02. The summed E-state index contributed by atoms with van der Waals surface area (Å²) < 4.78 is 11.0. The van der Waals surface area contributed by atoms with Crippen molar-refractivity contribution in [3.05, 3.63) is 119 Å². The molecule has 0 aliphatic carbocycles. The molecule has 0 aromatic heterocycles. The van der Waals surface area contributed by atoms with Crippen molar-refractivity contribution in [2.75, 3.05) is 24.9 Å². The summed E-state index contributed by atoms with van der Waals surface area (Å²) in [7, 11) is 3.03. The van der Waals surface area contributed by atoms with Gasteiger partial charge in [0.2, 0.25) is 5.91 Å². The van der Waals surface area contributed by atoms with Gasteiger partial charge in [-0.15, -0.1) is 11.8 Å². The van der Waals surface area contributed by atoms with Crippen LogP contribution in [0.15, 0.2) is 102 Å². The first kappa shape index (κ1) is 33.9. The van der Waals surface area contributed by atoms with Crippen molar-refractivity contribution in [2.45, 2.75) is 43.8 Å². The lowest BCUT2D eigenvalue weighted by Crippen LogP contribution is -2.30. The standard InChI is InChI=1S/C37H39N3O5S/c1-6-25-17-11-14-24(3)33(25)40-37(43)32(7-2)46-29-20-13-19-28(23-29)38-36(42)30(39-35(41)26-15-9-8-10-16-26)22-27-18-12-21-31(44-4)34(27)45-5/h8-23,32H,6-7H2,1-5H3,(H,38,42)(H,39,41)(H,40,43)/b30-22+. The Kier molecular flexibility index (Phi) is 12.0. The lowest BCUT2D eigenvalue weighted by Gasteiger charge is -2.18. The summed E-state index contributed by atoms with van der Waals surface area (Å²) in [5, 5.41) is 8.44. The molecule has 0 aliphatic heterocycles. The van der Waals surface area contributed by atoms with E-state index >= 15 is 0 Å². The van der Waals surface area contributed by atoms with Crippen LogP contribution in [-0.4, -0.2) is 37.2 Å². The van der Waals surface area contributed by atoms with Crippen LogP contribution < -0.4 is 25.4 Å². The molecule has 0 heterocycles. The SMILES string of the molecule is CCc1cccc(C)c1NC(=O)C(CC)Sc1cccc(NC(=O)/C(=C\c2cccc(OC)c2OC)NC(=O)c2ccccc2)c1. The molecule has 0 saturated carbocycles. The molecule has 0 bridgehead atoms. The number of aryl methyl sites for hydroxylation is 2. The summed E-state index contributed by atoms with van der Waals surface area (Å²) in [4.78, 5) is 41.0. The van der Waals surface area contributed by atoms with Gasteiger partial charge in [-0.1, -0.05) is 68.4 Å². The zero-order valence-electron chi connectivity index (χ0n) is 26.7. The lowest BCUT2D eigenvalue weighted by atomic mass is 10.1. The molecular weight excluding hydrogens is 598 g/mol. The van der Waals surface area contributed by atoms with E-state index in [4.69, 9.17) is 9.47 Å². The maximum atomic E-state index is 13.7. The number of hydrogen-bond acceptors (Lipinski definition) is 6. The Bertz CT molecular complexity index is 1720. The van der Waals surface area contributed by atoms with E-state index in [1.807, 2.05) is 56.3 Å². The van der Waals surface area contributed by atoms with Crippen LogP contribution in [0, 0.1) is 6.92 Å². The summed E-state index contributed by atoms with van der Waals surface area (Å²) in [5.74, 6) is -0.147. The van der Waals surface area contributed by atoms with Crippen molar-refractivity contribution < 1.29 is 23.9 Å². The van der Waals surface area contributed by atoms with Gasteiger partial charge in [-0.05, 0) is 73.4 Å². The van der Waals surface area contributed by atoms with Crippen molar-refractivity contribution in [2.24, 2.45) is 0 Å². The van der Waals surface area contributed by atoms with Gasteiger partial charge >= 0.3 is 0 Å². The lowest BCUT2D eigenvalue weighted by molar-refractivity contribution is -0.116. The average Bonchev–Trinajstić information content (AvgIpc) is 3.07. The second-order valence-electron chi connectivity index (χ2n) is 10.4. The van der Waals surface area contributed by atoms with Gasteiger partial charge in [-0.2, -0.15) is 0 Å². The molecule has 0 aliphatic rings. The molecule has 1 atom stereocenters. The third-order valence-electron chi connectivity index (χ3n) is 7.28. The second-order valence-corrected chi connectivity index (χ2v) is 11.7. The highest BCUT2D eigenvalue weighted by Gasteiger charge is 2.21. The van der Waals surface area contributed by atoms with E-state index in [0.717, 1.165) is 28.1 Å². The van der Waals surface area contributed by atoms with Crippen molar-refractivity contribution in [3.63, 3.8) is 0 Å². The zero-order valence-corrected chi connectivity index (χ0v) is 27.5. The van der Waals surface area contributed by atoms with Crippen LogP contribution in [0.2, 0.25) is 0 Å². The van der Waals surface area contributed by atoms with Crippen LogP contribution in [0.3, 0.4) is 0 Å². The third-order valence-corrected chi connectivity index (χ3v) is 8.64. The van der Waals surface area contributed by atoms with Gasteiger partial charge in [0.05, 0.1) is 19.5 Å². The molecule has 4 rings (SSSR count). The normalized spacial score (nSPS) is 11.7. The number of thioether (sulfide) groups is 1. The minimum Gasteiger partial charge on any atom is -0.493 e. The van der Waals surface area contributed by atoms with Crippen LogP contribution in [0.25, 0.3) is 6.08 Å². The monoisotopic (exact) mass is 637 g/mol. The number of anilines is 2. The number of benzene rings is 4. The molecule has 9 heteroatoms. The quantitative estimate of drug-likeness (QED) is 0.104. The molecule has 46 heavy (non-hydrogen) atoms. The van der Waals surface area contributed by atoms with E-state index in [-0.39, 0.29) is 16.9 Å². The largest absolute Gasteiger partial charge is 0.493 e. The Morgan fingerprint density at radius 1 is 0.848 bits per heavy atom. The fraction of sp³-hybridized carbons (Fsp3) is 0.216. The minimum absolute atomic E-state index is 0.00855. The molecule has 4 aromatic rings. The van der Waals surface area contributed by atoms with E-state index in [0.29, 0.717) is 34.7 Å². The predicted octanol–water partition coefficient (Wildman–Crippen LogP) is 7.49. The van der Waals surface area contributed by atoms with E-state index < -0.39 is 11.8 Å². The van der Waals surface area contributed by atoms with Crippen LogP contribution in [0.5, 0.6) is 11.5 Å². The summed E-state index contributed by atoms with van der Waals surface area (Å²) in [6.07, 6.45) is 2.97. The number of methoxy groups -OCH3 is 2. The van der Waals surface area contributed by atoms with Gasteiger partial charge in [0.15, 0.2) is 11.5 Å². The Labute approximate surface area is 274 Å². The number of nitrogens with one attached hydrogen (secondary N) is 3. The number of rotatable bonds is 13. The van der Waals surface area contributed by atoms with Crippen molar-refractivity contribution in [1.29, 1.82) is 0 Å². The van der Waals surface area contributed by atoms with Gasteiger partial charge in [0, 0.05) is 27.4 Å². The molecule has 3 amide bonds. The van der Waals surface area contributed by atoms with Gasteiger partial charge in [-0.3, -0.25) is 14.4 Å². The van der Waals surface area contributed by atoms with Crippen molar-refractivity contribution >= 4 is 46.9 Å². The predicted molar refractivity (Wildman–Crippen MR) is 186 cm³/mol. The smallest absolute Gasteiger partial charge is 0.272 e. The van der Waals surface area contributed by atoms with Crippen LogP contribution in [0.1, 0.15) is 47.3 Å². The van der Waals surface area contributed by atoms with Crippen LogP contribution in [-0.2, 0) is 16.0 Å². The Balaban J connectivity index is 1.57. The number of amides is 3. The van der Waals surface area contributed by atoms with Crippen molar-refractivity contribution in [1.82, 2.24) is 5.32 Å². The third kappa shape index (κ3) is 8.57. The molecule has 1 unspecified atom stereocenters. The highest BCUT2D eigenvalue weighted by molar-refractivity contribution is 8.00. The van der Waals surface area contributed by atoms with Crippen molar-refractivity contribution in [3.8, 4) is 11.5 Å². The topological polar surface area (TPSA) is 106 Å². The number of carbonyl (C=O) groups excluding carboxylic acids is 3. The first-order valence-corrected chi connectivity index (χ1v) is 15.9. The molecular formula is C37H39N3O5S. The first-order valence-electron chi connectivity index (χ1n) is 15.0. The number of hydrogen-bond donors (Lipinski definition) is 3. The Morgan fingerprint density at radius 2 is 1.59 bits per heavy atom. The molecule has 8 nitrogen and oxygen atoms in total. The molecule has 0 fully saturated rings. The second kappa shape index (κ2) is 16.3. The molecule has 238 valence electrons. The fourth-order valence-electron chi connectivity index (χ4n) is 4.86. The summed E-state index contributed by atoms with van der Waals surface area (Å²) in [6.45, 7) is 6.03. The molecule has 4 aromatic carbocycles. The number of para-hydroxylation sites is 2. The van der Waals surface area contributed by atoms with Crippen LogP contribution in [0.4, 0.5) is 11.4 Å². The van der Waals surface area contributed by atoms with E-state index in [1.165, 1.54) is 26.0 Å². The van der Waals surface area contributed by atoms with Gasteiger partial charge in [0.25, 0.3) is 11.8 Å². The van der Waals surface area contributed by atoms with E-state index in [1.54, 1.807) is 54.6 Å². The summed E-state index contributed by atoms with van der Waals surface area (Å²) in [5.41, 5.74) is 4.43. The molecule has 0 radical (unpaired) electrons. The number of carbonyl (C=O) groups is 3. The van der Waals surface area contributed by atoms with Gasteiger partial charge in [-0.25, -0.2) is 0 Å². The maximum Gasteiger partial charge on any atom is 0.272 e. The fourth-order valence-corrected chi connectivity index (χ4v) is 5.87. The molecule has 3 N–H and O–H groups in total. The van der Waals surface area contributed by atoms with E-state index in [9.17, 15) is 14.4 Å². The van der Waals surface area contributed by atoms with Gasteiger partial charge in [0.1, 0.15) is 5.70 Å². The zero-order chi connectivity index (χ0) is 33.1. The first-order chi connectivity index (χ1) is 22.3. The summed E-state index contributed by atoms with van der Waals surface area (Å²) >= 11 is 1.43. The summed E-state index contributed by atoms with van der Waals surface area (Å²) in [6, 6.07) is 27.2. The Morgan fingerprint density at radius 3 is 2.28 bits per heavy atom. The van der Waals surface area contributed by atoms with E-state index in [2.05, 4.69) is 22.9 Å². The maximum absolute atomic E-state index is 13.7. The minimum atomic E-state index is -0.535. The van der Waals surface area contributed by atoms with Crippen LogP contribution >= 0.6 is 11.8 Å². The van der Waals surface area contributed by atoms with Gasteiger partial charge < -0.3 is 25.4 Å². The number of ether oxygens (including phenoxy) is 2. The molecule has 0 spiro atoms. The highest BCUT2D eigenvalue weighted by atomic mass is 32.2.